The van der Waals surface area contributed by atoms with Gasteiger partial charge in [-0.2, -0.15) is 0 Å². The van der Waals surface area contributed by atoms with Gasteiger partial charge in [0.25, 0.3) is 11.8 Å². The fourth-order valence-corrected chi connectivity index (χ4v) is 5.84. The van der Waals surface area contributed by atoms with Gasteiger partial charge < -0.3 is 9.64 Å². The van der Waals surface area contributed by atoms with Crippen molar-refractivity contribution in [1.29, 1.82) is 0 Å². The van der Waals surface area contributed by atoms with Gasteiger partial charge in [0.1, 0.15) is 18.4 Å². The molecule has 210 valence electrons. The Kier molecular flexibility index (Phi) is 7.12. The van der Waals surface area contributed by atoms with Crippen LogP contribution in [0.5, 0.6) is 0 Å². The Balaban J connectivity index is 1.45. The third-order valence-corrected chi connectivity index (χ3v) is 7.79. The van der Waals surface area contributed by atoms with Crippen LogP contribution in [0.15, 0.2) is 97.1 Å². The lowest BCUT2D eigenvalue weighted by Gasteiger charge is -2.33. The van der Waals surface area contributed by atoms with Gasteiger partial charge in [0, 0.05) is 6.42 Å². The third kappa shape index (κ3) is 4.75. The van der Waals surface area contributed by atoms with E-state index in [2.05, 4.69) is 0 Å². The standard InChI is InChI=1S/C34H27FN2O5/c1-2-42-30(38)20-36-31(23-13-11-21(12-14-23)22-15-17-25(35)18-16-22)26-8-4-3-7-24(26)19-29(34(36)41)37-32(39)27-9-5-6-10-28(27)33(37)40/h3-18,29,31H,2,19-20H2,1H3/t29-,31?/m0/s1. The molecule has 2 aliphatic heterocycles. The van der Waals surface area contributed by atoms with Crippen molar-refractivity contribution in [2.45, 2.75) is 25.4 Å². The first kappa shape index (κ1) is 27.1. The van der Waals surface area contributed by atoms with E-state index in [0.717, 1.165) is 32.7 Å². The van der Waals surface area contributed by atoms with Gasteiger partial charge in [-0.3, -0.25) is 24.1 Å². The second kappa shape index (κ2) is 11.0. The summed E-state index contributed by atoms with van der Waals surface area (Å²) < 4.78 is 18.7. The van der Waals surface area contributed by atoms with Gasteiger partial charge in [0.05, 0.1) is 23.8 Å². The molecule has 42 heavy (non-hydrogen) atoms. The van der Waals surface area contributed by atoms with Crippen molar-refractivity contribution >= 4 is 23.7 Å². The maximum absolute atomic E-state index is 14.4. The molecule has 0 bridgehead atoms. The minimum absolute atomic E-state index is 0.101. The van der Waals surface area contributed by atoms with E-state index in [4.69, 9.17) is 4.74 Å². The van der Waals surface area contributed by atoms with E-state index in [9.17, 15) is 23.6 Å². The van der Waals surface area contributed by atoms with E-state index < -0.39 is 35.8 Å². The fourth-order valence-electron chi connectivity index (χ4n) is 5.84. The Labute approximate surface area is 242 Å². The van der Waals surface area contributed by atoms with E-state index in [1.807, 2.05) is 48.5 Å². The number of hydrogen-bond donors (Lipinski definition) is 0. The predicted molar refractivity (Wildman–Crippen MR) is 153 cm³/mol. The molecule has 2 heterocycles. The molecule has 2 aliphatic rings. The van der Waals surface area contributed by atoms with Gasteiger partial charge in [-0.25, -0.2) is 4.39 Å². The van der Waals surface area contributed by atoms with Crippen molar-refractivity contribution in [1.82, 2.24) is 9.80 Å². The average molecular weight is 563 g/mol. The predicted octanol–water partition coefficient (Wildman–Crippen LogP) is 5.19. The van der Waals surface area contributed by atoms with Crippen molar-refractivity contribution in [3.05, 3.63) is 131 Å². The van der Waals surface area contributed by atoms with Gasteiger partial charge in [0.15, 0.2) is 0 Å². The zero-order valence-corrected chi connectivity index (χ0v) is 22.8. The number of carbonyl (C=O) groups is 4. The summed E-state index contributed by atoms with van der Waals surface area (Å²) in [5, 5.41) is 0. The van der Waals surface area contributed by atoms with Crippen LogP contribution < -0.4 is 0 Å². The first-order valence-corrected chi connectivity index (χ1v) is 13.7. The first-order valence-electron chi connectivity index (χ1n) is 13.7. The second-order valence-electron chi connectivity index (χ2n) is 10.2. The van der Waals surface area contributed by atoms with Gasteiger partial charge in [-0.05, 0) is 59.0 Å². The second-order valence-corrected chi connectivity index (χ2v) is 10.2. The van der Waals surface area contributed by atoms with Crippen LogP contribution in [0.25, 0.3) is 11.1 Å². The molecule has 0 aromatic heterocycles. The molecule has 0 radical (unpaired) electrons. The first-order chi connectivity index (χ1) is 20.4. The Morgan fingerprint density at radius 3 is 2.00 bits per heavy atom. The number of hydrogen-bond acceptors (Lipinski definition) is 5. The van der Waals surface area contributed by atoms with Crippen molar-refractivity contribution in [2.24, 2.45) is 0 Å². The summed E-state index contributed by atoms with van der Waals surface area (Å²) in [6, 6.07) is 25.8. The highest BCUT2D eigenvalue weighted by Crippen LogP contribution is 2.38. The number of imide groups is 1. The quantitative estimate of drug-likeness (QED) is 0.239. The zero-order valence-electron chi connectivity index (χ0n) is 22.8. The van der Waals surface area contributed by atoms with Crippen LogP contribution in [-0.4, -0.2) is 52.7 Å². The van der Waals surface area contributed by atoms with Crippen LogP contribution in [-0.2, 0) is 20.7 Å². The monoisotopic (exact) mass is 562 g/mol. The summed E-state index contributed by atoms with van der Waals surface area (Å²) in [6.45, 7) is 1.45. The van der Waals surface area contributed by atoms with E-state index in [-0.39, 0.29) is 36.5 Å². The van der Waals surface area contributed by atoms with E-state index in [1.54, 1.807) is 43.3 Å². The van der Waals surface area contributed by atoms with E-state index in [1.165, 1.54) is 17.0 Å². The number of carbonyl (C=O) groups excluding carboxylic acids is 4. The van der Waals surface area contributed by atoms with Crippen LogP contribution in [0.4, 0.5) is 4.39 Å². The molecule has 2 atom stereocenters. The number of fused-ring (bicyclic) bond motifs is 2. The molecule has 0 aliphatic carbocycles. The number of halogens is 1. The summed E-state index contributed by atoms with van der Waals surface area (Å²) in [4.78, 5) is 56.7. The SMILES string of the molecule is CCOC(=O)CN1C(=O)[C@@H](N2C(=O)c3ccccc3C2=O)Cc2ccccc2C1c1ccc(-c2ccc(F)cc2)cc1. The van der Waals surface area contributed by atoms with Crippen LogP contribution in [0.2, 0.25) is 0 Å². The minimum atomic E-state index is -1.16. The molecule has 0 saturated heterocycles. The lowest BCUT2D eigenvalue weighted by atomic mass is 9.91. The summed E-state index contributed by atoms with van der Waals surface area (Å²) in [6.07, 6.45) is 0.101. The van der Waals surface area contributed by atoms with Crippen LogP contribution >= 0.6 is 0 Å². The molecule has 6 rings (SSSR count). The summed E-state index contributed by atoms with van der Waals surface area (Å²) in [7, 11) is 0. The van der Waals surface area contributed by atoms with Crippen molar-refractivity contribution in [3.63, 3.8) is 0 Å². The molecule has 0 saturated carbocycles. The molecule has 4 aromatic rings. The number of ether oxygens (including phenoxy) is 1. The maximum Gasteiger partial charge on any atom is 0.325 e. The van der Waals surface area contributed by atoms with Crippen molar-refractivity contribution in [3.8, 4) is 11.1 Å². The summed E-state index contributed by atoms with van der Waals surface area (Å²) in [5.74, 6) is -2.53. The van der Waals surface area contributed by atoms with Crippen LogP contribution in [0.1, 0.15) is 50.4 Å². The van der Waals surface area contributed by atoms with Crippen molar-refractivity contribution < 1.29 is 28.3 Å². The smallest absolute Gasteiger partial charge is 0.325 e. The van der Waals surface area contributed by atoms with Crippen LogP contribution in [0.3, 0.4) is 0 Å². The summed E-state index contributed by atoms with van der Waals surface area (Å²) in [5.41, 5.74) is 4.47. The molecule has 0 N–H and O–H groups in total. The number of rotatable bonds is 6. The third-order valence-electron chi connectivity index (χ3n) is 7.79. The Hall–Kier alpha value is -5.11. The molecule has 8 heteroatoms. The Morgan fingerprint density at radius 2 is 1.38 bits per heavy atom. The average Bonchev–Trinajstić information content (AvgIpc) is 3.19. The highest BCUT2D eigenvalue weighted by molar-refractivity contribution is 6.23. The lowest BCUT2D eigenvalue weighted by Crippen LogP contribution is -2.52. The highest BCUT2D eigenvalue weighted by atomic mass is 19.1. The van der Waals surface area contributed by atoms with Gasteiger partial charge in [-0.1, -0.05) is 72.8 Å². The fraction of sp³-hybridized carbons (Fsp3) is 0.176. The van der Waals surface area contributed by atoms with Crippen molar-refractivity contribution in [2.75, 3.05) is 13.2 Å². The topological polar surface area (TPSA) is 84.0 Å². The summed E-state index contributed by atoms with van der Waals surface area (Å²) >= 11 is 0. The molecular formula is C34H27FN2O5. The zero-order chi connectivity index (χ0) is 29.4. The number of nitrogens with zero attached hydrogens (tertiary/aromatic N) is 2. The van der Waals surface area contributed by atoms with Gasteiger partial charge in [0.2, 0.25) is 5.91 Å². The number of benzene rings is 4. The molecular weight excluding hydrogens is 535 g/mol. The van der Waals surface area contributed by atoms with Gasteiger partial charge in [-0.15, -0.1) is 0 Å². The molecule has 1 unspecified atom stereocenters. The van der Waals surface area contributed by atoms with E-state index >= 15 is 0 Å². The minimum Gasteiger partial charge on any atom is -0.465 e. The Morgan fingerprint density at radius 1 is 0.810 bits per heavy atom. The molecule has 0 spiro atoms. The number of amides is 3. The highest BCUT2D eigenvalue weighted by Gasteiger charge is 2.47. The van der Waals surface area contributed by atoms with Crippen LogP contribution in [0, 0.1) is 5.82 Å². The molecule has 0 fully saturated rings. The van der Waals surface area contributed by atoms with E-state index in [0.29, 0.717) is 0 Å². The number of esters is 1. The Bertz CT molecular complexity index is 1670. The molecule has 4 aromatic carbocycles. The molecule has 3 amide bonds. The maximum atomic E-state index is 14.4. The lowest BCUT2D eigenvalue weighted by molar-refractivity contribution is -0.151. The van der Waals surface area contributed by atoms with Gasteiger partial charge >= 0.3 is 5.97 Å². The molecule has 7 nitrogen and oxygen atoms in total. The normalized spacial score (nSPS) is 18.0. The largest absolute Gasteiger partial charge is 0.465 e.